The van der Waals surface area contributed by atoms with Gasteiger partial charge in [0.15, 0.2) is 5.16 Å². The largest absolute Gasteiger partial charge is 0.302 e. The third-order valence-electron chi connectivity index (χ3n) is 4.19. The van der Waals surface area contributed by atoms with Crippen molar-refractivity contribution in [1.82, 2.24) is 19.7 Å². The maximum Gasteiger partial charge on any atom is 0.191 e. The van der Waals surface area contributed by atoms with Crippen molar-refractivity contribution in [2.24, 2.45) is 5.92 Å². The molecular weight excluding hydrogens is 372 g/mol. The first-order valence-corrected chi connectivity index (χ1v) is 11.1. The predicted octanol–water partition coefficient (Wildman–Crippen LogP) is 5.39. The molecule has 2 heterocycles. The van der Waals surface area contributed by atoms with E-state index in [1.54, 1.807) is 23.1 Å². The van der Waals surface area contributed by atoms with E-state index in [1.165, 1.54) is 17.0 Å². The van der Waals surface area contributed by atoms with Gasteiger partial charge in [0.05, 0.1) is 10.7 Å². The number of allylic oxidation sites excluding steroid dienone is 1. The molecule has 0 radical (unpaired) electrons. The topological polar surface area (TPSA) is 43.6 Å². The van der Waals surface area contributed by atoms with Crippen LogP contribution in [0.25, 0.3) is 0 Å². The predicted molar refractivity (Wildman–Crippen MR) is 114 cm³/mol. The van der Waals surface area contributed by atoms with Crippen LogP contribution < -0.4 is 0 Å². The van der Waals surface area contributed by atoms with Crippen molar-refractivity contribution in [2.45, 2.75) is 50.6 Å². The van der Waals surface area contributed by atoms with Gasteiger partial charge in [0.25, 0.3) is 0 Å². The van der Waals surface area contributed by atoms with Crippen molar-refractivity contribution >= 4 is 23.1 Å². The SMILES string of the molecule is C=CCn1c(Cc2ccccc2)nnc1SCc1csc(CCC(C)C)n1. The summed E-state index contributed by atoms with van der Waals surface area (Å²) in [4.78, 5) is 4.77. The summed E-state index contributed by atoms with van der Waals surface area (Å²) < 4.78 is 2.15. The molecule has 4 nitrogen and oxygen atoms in total. The Labute approximate surface area is 169 Å². The number of nitrogens with zero attached hydrogens (tertiary/aromatic N) is 4. The lowest BCUT2D eigenvalue weighted by Gasteiger charge is -2.07. The zero-order valence-corrected chi connectivity index (χ0v) is 17.6. The van der Waals surface area contributed by atoms with E-state index in [0.29, 0.717) is 12.5 Å². The molecule has 27 heavy (non-hydrogen) atoms. The summed E-state index contributed by atoms with van der Waals surface area (Å²) in [5, 5.41) is 13.2. The highest BCUT2D eigenvalue weighted by Crippen LogP contribution is 2.24. The van der Waals surface area contributed by atoms with E-state index in [1.807, 2.05) is 12.1 Å². The van der Waals surface area contributed by atoms with Crippen LogP contribution in [-0.2, 0) is 25.1 Å². The fraction of sp³-hybridized carbons (Fsp3) is 0.381. The third-order valence-corrected chi connectivity index (χ3v) is 6.15. The highest BCUT2D eigenvalue weighted by Gasteiger charge is 2.13. The minimum atomic E-state index is 0.715. The fourth-order valence-electron chi connectivity index (χ4n) is 2.73. The van der Waals surface area contributed by atoms with Gasteiger partial charge in [-0.05, 0) is 24.3 Å². The van der Waals surface area contributed by atoms with Crippen LogP contribution in [-0.4, -0.2) is 19.7 Å². The van der Waals surface area contributed by atoms with Crippen LogP contribution in [0.15, 0.2) is 53.5 Å². The number of thiazole rings is 1. The van der Waals surface area contributed by atoms with Crippen LogP contribution in [0, 0.1) is 5.92 Å². The molecule has 0 bridgehead atoms. The van der Waals surface area contributed by atoms with E-state index >= 15 is 0 Å². The van der Waals surface area contributed by atoms with Crippen LogP contribution in [0.1, 0.15) is 42.4 Å². The molecule has 0 aliphatic heterocycles. The monoisotopic (exact) mass is 398 g/mol. The Bertz CT molecular complexity index is 852. The Morgan fingerprint density at radius 3 is 2.78 bits per heavy atom. The Hall–Kier alpha value is -1.92. The average molecular weight is 399 g/mol. The summed E-state index contributed by atoms with van der Waals surface area (Å²) in [6.07, 6.45) is 4.94. The molecule has 0 fully saturated rings. The standard InChI is InChI=1S/C21H26N4S2/c1-4-12-25-19(13-17-8-6-5-7-9-17)23-24-21(25)27-15-18-14-26-20(22-18)11-10-16(2)3/h4-9,14,16H,1,10-13,15H2,2-3H3. The number of rotatable bonds is 10. The van der Waals surface area contributed by atoms with Gasteiger partial charge < -0.3 is 4.57 Å². The molecule has 142 valence electrons. The zero-order chi connectivity index (χ0) is 19.1. The first-order chi connectivity index (χ1) is 13.2. The van der Waals surface area contributed by atoms with E-state index in [4.69, 9.17) is 4.98 Å². The molecule has 0 saturated heterocycles. The molecule has 0 unspecified atom stereocenters. The number of benzene rings is 1. The van der Waals surface area contributed by atoms with Gasteiger partial charge in [-0.15, -0.1) is 28.1 Å². The van der Waals surface area contributed by atoms with E-state index < -0.39 is 0 Å². The van der Waals surface area contributed by atoms with Crippen molar-refractivity contribution in [1.29, 1.82) is 0 Å². The summed E-state index contributed by atoms with van der Waals surface area (Å²) in [6.45, 7) is 9.11. The minimum absolute atomic E-state index is 0.715. The molecule has 6 heteroatoms. The molecule has 0 aliphatic rings. The third kappa shape index (κ3) is 5.78. The summed E-state index contributed by atoms with van der Waals surface area (Å²) >= 11 is 3.46. The molecule has 0 saturated carbocycles. The lowest BCUT2D eigenvalue weighted by Crippen LogP contribution is -2.04. The molecule has 1 aromatic carbocycles. The smallest absolute Gasteiger partial charge is 0.191 e. The highest BCUT2D eigenvalue weighted by molar-refractivity contribution is 7.98. The first-order valence-electron chi connectivity index (χ1n) is 9.28. The van der Waals surface area contributed by atoms with Gasteiger partial charge in [0, 0.05) is 24.1 Å². The summed E-state index contributed by atoms with van der Waals surface area (Å²) in [7, 11) is 0. The van der Waals surface area contributed by atoms with Crippen molar-refractivity contribution in [2.75, 3.05) is 0 Å². The van der Waals surface area contributed by atoms with Gasteiger partial charge in [-0.3, -0.25) is 0 Å². The molecule has 3 rings (SSSR count). The van der Waals surface area contributed by atoms with E-state index in [9.17, 15) is 0 Å². The van der Waals surface area contributed by atoms with Crippen molar-refractivity contribution < 1.29 is 0 Å². The van der Waals surface area contributed by atoms with Gasteiger partial charge in [0.2, 0.25) is 0 Å². The number of aromatic nitrogens is 4. The van der Waals surface area contributed by atoms with Gasteiger partial charge >= 0.3 is 0 Å². The second-order valence-electron chi connectivity index (χ2n) is 6.91. The fourth-order valence-corrected chi connectivity index (χ4v) is 4.51. The zero-order valence-electron chi connectivity index (χ0n) is 16.0. The second kappa shape index (κ2) is 9.85. The molecule has 3 aromatic rings. The van der Waals surface area contributed by atoms with Crippen molar-refractivity contribution in [3.63, 3.8) is 0 Å². The second-order valence-corrected chi connectivity index (χ2v) is 8.80. The lowest BCUT2D eigenvalue weighted by atomic mass is 10.1. The Morgan fingerprint density at radius 2 is 2.04 bits per heavy atom. The van der Waals surface area contributed by atoms with E-state index in [2.05, 4.69) is 64.8 Å². The number of hydrogen-bond donors (Lipinski definition) is 0. The van der Waals surface area contributed by atoms with Crippen molar-refractivity contribution in [3.8, 4) is 0 Å². The van der Waals surface area contributed by atoms with Crippen LogP contribution >= 0.6 is 23.1 Å². The number of thioether (sulfide) groups is 1. The average Bonchev–Trinajstić information content (AvgIpc) is 3.27. The molecular formula is C21H26N4S2. The minimum Gasteiger partial charge on any atom is -0.302 e. The number of hydrogen-bond acceptors (Lipinski definition) is 5. The Balaban J connectivity index is 1.65. The summed E-state index contributed by atoms with van der Waals surface area (Å²) in [6, 6.07) is 10.4. The molecule has 0 spiro atoms. The normalized spacial score (nSPS) is 11.2. The van der Waals surface area contributed by atoms with Crippen LogP contribution in [0.2, 0.25) is 0 Å². The number of aryl methyl sites for hydroxylation is 1. The maximum absolute atomic E-state index is 4.77. The van der Waals surface area contributed by atoms with Crippen LogP contribution in [0.3, 0.4) is 0 Å². The molecule has 2 aromatic heterocycles. The lowest BCUT2D eigenvalue weighted by molar-refractivity contribution is 0.585. The van der Waals surface area contributed by atoms with Crippen LogP contribution in [0.5, 0.6) is 0 Å². The van der Waals surface area contributed by atoms with Crippen molar-refractivity contribution in [3.05, 3.63) is 70.5 Å². The van der Waals surface area contributed by atoms with Gasteiger partial charge in [-0.25, -0.2) is 4.98 Å². The van der Waals surface area contributed by atoms with Gasteiger partial charge in [0.1, 0.15) is 5.82 Å². The molecule has 0 atom stereocenters. The van der Waals surface area contributed by atoms with E-state index in [-0.39, 0.29) is 0 Å². The van der Waals surface area contributed by atoms with E-state index in [0.717, 1.165) is 35.3 Å². The molecule has 0 amide bonds. The van der Waals surface area contributed by atoms with Crippen LogP contribution in [0.4, 0.5) is 0 Å². The first kappa shape index (κ1) is 19.8. The Morgan fingerprint density at radius 1 is 1.22 bits per heavy atom. The molecule has 0 N–H and O–H groups in total. The van der Waals surface area contributed by atoms with Gasteiger partial charge in [-0.2, -0.15) is 0 Å². The van der Waals surface area contributed by atoms with Gasteiger partial charge in [-0.1, -0.05) is 62.0 Å². The summed E-state index contributed by atoms with van der Waals surface area (Å²) in [5.74, 6) is 2.51. The maximum atomic E-state index is 4.77. The Kier molecular flexibility index (Phi) is 7.24. The highest BCUT2D eigenvalue weighted by atomic mass is 32.2. The molecule has 0 aliphatic carbocycles. The quantitative estimate of drug-likeness (QED) is 0.339. The summed E-state index contributed by atoms with van der Waals surface area (Å²) in [5.41, 5.74) is 2.36.